The molecule has 0 bridgehead atoms. The number of benzene rings is 2. The van der Waals surface area contributed by atoms with Gasteiger partial charge >= 0.3 is 29.9 Å². The van der Waals surface area contributed by atoms with Gasteiger partial charge in [-0.1, -0.05) is 102 Å². The predicted molar refractivity (Wildman–Crippen MR) is 141 cm³/mol. The first-order valence-electron chi connectivity index (χ1n) is 12.5. The number of ether oxygens (including phenoxy) is 5. The molecule has 0 aliphatic carbocycles. The van der Waals surface area contributed by atoms with Crippen LogP contribution in [0.3, 0.4) is 0 Å². The predicted octanol–water partition coefficient (Wildman–Crippen LogP) is 1.29. The second-order valence-corrected chi connectivity index (χ2v) is 8.36. The van der Waals surface area contributed by atoms with Gasteiger partial charge in [-0.05, 0) is 18.2 Å². The fourth-order valence-corrected chi connectivity index (χ4v) is 3.42. The van der Waals surface area contributed by atoms with Crippen LogP contribution in [0.1, 0.15) is 61.7 Å². The van der Waals surface area contributed by atoms with Crippen molar-refractivity contribution >= 4 is 29.9 Å². The monoisotopic (exact) mass is 654 g/mol. The number of hydrogen-bond acceptors (Lipinski definition) is 7. The van der Waals surface area contributed by atoms with Crippen LogP contribution in [0.5, 0.6) is 0 Å². The minimum atomic E-state index is -1.45. The van der Waals surface area contributed by atoms with Crippen molar-refractivity contribution in [3.63, 3.8) is 0 Å². The zero-order valence-corrected chi connectivity index (χ0v) is 26.0. The van der Waals surface area contributed by atoms with Gasteiger partial charge < -0.3 is 41.2 Å². The molecule has 2 aliphatic rings. The quantitative estimate of drug-likeness (QED) is 0.343. The molecule has 208 valence electrons. The summed E-state index contributed by atoms with van der Waals surface area (Å²) in [6.45, 7) is 11.6. The smallest absolute Gasteiger partial charge is 1.00 e. The van der Waals surface area contributed by atoms with E-state index in [0.29, 0.717) is 5.56 Å². The van der Waals surface area contributed by atoms with Crippen molar-refractivity contribution in [3.8, 4) is 0 Å². The molecule has 0 spiro atoms. The number of methoxy groups -OCH3 is 1. The Bertz CT molecular complexity index is 851. The fourth-order valence-electron chi connectivity index (χ4n) is 3.42. The number of esters is 1. The summed E-state index contributed by atoms with van der Waals surface area (Å²) < 4.78 is 28.2. The third kappa shape index (κ3) is 11.1. The van der Waals surface area contributed by atoms with E-state index < -0.39 is 43.0 Å². The number of unbranched alkanes of at least 4 members (excludes halogenated alkanes) is 2. The van der Waals surface area contributed by atoms with Gasteiger partial charge in [-0.15, -0.1) is 0 Å². The maximum absolute atomic E-state index is 12.9. The van der Waals surface area contributed by atoms with Crippen molar-refractivity contribution < 1.29 is 46.0 Å². The molecule has 4 rings (SSSR count). The molecule has 2 fully saturated rings. The van der Waals surface area contributed by atoms with E-state index in [0.717, 1.165) is 18.4 Å². The zero-order valence-electron chi connectivity index (χ0n) is 22.4. The van der Waals surface area contributed by atoms with Crippen LogP contribution >= 0.6 is 0 Å². The van der Waals surface area contributed by atoms with E-state index >= 15 is 0 Å². The van der Waals surface area contributed by atoms with Gasteiger partial charge in [0, 0.05) is 12.7 Å². The van der Waals surface area contributed by atoms with E-state index in [4.69, 9.17) is 23.7 Å². The third-order valence-electron chi connectivity index (χ3n) is 5.55. The molecule has 1 unspecified atom stereocenters. The minimum absolute atomic E-state index is 0. The van der Waals surface area contributed by atoms with Gasteiger partial charge in [-0.3, -0.25) is 0 Å². The van der Waals surface area contributed by atoms with E-state index in [1.165, 1.54) is 20.0 Å². The SMILES string of the molecule is CO[C@H]1O[C@@H]2COC(c3ccccc3)O[C@H]2[C@H](OC(=O)c2ccccc2)[C@H]1[O-].[CH2]CCC.[CH2]CCC.[Cl-].[Sn+2]. The van der Waals surface area contributed by atoms with Crippen LogP contribution in [-0.2, 0) is 23.7 Å². The Hall–Kier alpha value is -1.20. The Morgan fingerprint density at radius 3 is 2.00 bits per heavy atom. The van der Waals surface area contributed by atoms with Crippen molar-refractivity contribution in [2.24, 2.45) is 0 Å². The van der Waals surface area contributed by atoms with Crippen molar-refractivity contribution in [1.82, 2.24) is 0 Å². The van der Waals surface area contributed by atoms with Crippen LogP contribution < -0.4 is 17.5 Å². The standard InChI is InChI=1S/C21H21O7.2C4H9.ClH.Sn/c1-24-21-16(22)18(27-19(23)13-8-4-2-5-9-13)17-15(26-21)12-25-20(28-17)14-10-6-3-7-11-14;2*1-3-4-2;;/h2-11,15-18,20-21H,12H2,1H3;2*1,3-4H2,2H3;1H;/q-1;;;;+2/p-1/t15-,16-,17-,18-,20?,21+;;;;/m1..../s1. The van der Waals surface area contributed by atoms with Crippen LogP contribution in [0, 0.1) is 13.8 Å². The number of halogens is 1. The molecule has 2 aromatic carbocycles. The molecule has 4 radical (unpaired) electrons. The molecule has 38 heavy (non-hydrogen) atoms. The second-order valence-electron chi connectivity index (χ2n) is 8.36. The first-order valence-corrected chi connectivity index (χ1v) is 12.5. The van der Waals surface area contributed by atoms with Crippen molar-refractivity contribution in [3.05, 3.63) is 85.6 Å². The molecule has 2 heterocycles. The molecule has 0 amide bonds. The molecule has 7 nitrogen and oxygen atoms in total. The molecule has 0 N–H and O–H groups in total. The van der Waals surface area contributed by atoms with Gasteiger partial charge in [0.05, 0.1) is 12.2 Å². The molecule has 2 saturated heterocycles. The van der Waals surface area contributed by atoms with E-state index in [2.05, 4.69) is 27.7 Å². The van der Waals surface area contributed by atoms with E-state index in [1.54, 1.807) is 30.3 Å². The summed E-state index contributed by atoms with van der Waals surface area (Å²) in [6.07, 6.45) is -1.05. The van der Waals surface area contributed by atoms with Gasteiger partial charge in [-0.25, -0.2) is 4.79 Å². The van der Waals surface area contributed by atoms with Gasteiger partial charge in [0.25, 0.3) is 0 Å². The van der Waals surface area contributed by atoms with E-state index in [-0.39, 0.29) is 42.9 Å². The fraction of sp³-hybridized carbons (Fsp3) is 0.483. The molecule has 0 aromatic heterocycles. The van der Waals surface area contributed by atoms with E-state index in [1.807, 2.05) is 30.3 Å². The summed E-state index contributed by atoms with van der Waals surface area (Å²) in [4.78, 5) is 12.5. The maximum atomic E-state index is 12.9. The summed E-state index contributed by atoms with van der Waals surface area (Å²) >= 11 is 0. The zero-order chi connectivity index (χ0) is 26.3. The van der Waals surface area contributed by atoms with Gasteiger partial charge in [0.1, 0.15) is 24.6 Å². The third-order valence-corrected chi connectivity index (χ3v) is 5.55. The van der Waals surface area contributed by atoms with Crippen LogP contribution in [-0.4, -0.2) is 74.3 Å². The Kier molecular flexibility index (Phi) is 20.0. The summed E-state index contributed by atoms with van der Waals surface area (Å²) in [5, 5.41) is 12.9. The van der Waals surface area contributed by atoms with Crippen LogP contribution in [0.25, 0.3) is 0 Å². The summed E-state index contributed by atoms with van der Waals surface area (Å²) in [6, 6.07) is 17.9. The Labute approximate surface area is 250 Å². The van der Waals surface area contributed by atoms with Crippen molar-refractivity contribution in [2.75, 3.05) is 13.7 Å². The Morgan fingerprint density at radius 1 is 0.974 bits per heavy atom. The molecular weight excluding hydrogens is 614 g/mol. The van der Waals surface area contributed by atoms with Crippen molar-refractivity contribution in [2.45, 2.75) is 76.5 Å². The van der Waals surface area contributed by atoms with Crippen LogP contribution in [0.4, 0.5) is 0 Å². The largest absolute Gasteiger partial charge is 2.00 e. The number of rotatable bonds is 6. The number of carbonyl (C=O) groups excluding carboxylic acids is 1. The maximum Gasteiger partial charge on any atom is 2.00 e. The van der Waals surface area contributed by atoms with Gasteiger partial charge in [0.2, 0.25) is 0 Å². The summed E-state index contributed by atoms with van der Waals surface area (Å²) in [5.74, 6) is -0.590. The molecule has 2 aromatic rings. The average molecular weight is 654 g/mol. The van der Waals surface area contributed by atoms with Crippen LogP contribution in [0.15, 0.2) is 60.7 Å². The number of hydrogen-bond donors (Lipinski definition) is 0. The van der Waals surface area contributed by atoms with Crippen LogP contribution in [0.2, 0.25) is 0 Å². The topological polar surface area (TPSA) is 86.3 Å². The van der Waals surface area contributed by atoms with Crippen molar-refractivity contribution in [1.29, 1.82) is 0 Å². The molecule has 0 saturated carbocycles. The van der Waals surface area contributed by atoms with Gasteiger partial charge in [0.15, 0.2) is 6.29 Å². The minimum Gasteiger partial charge on any atom is -1.00 e. The Morgan fingerprint density at radius 2 is 1.50 bits per heavy atom. The second kappa shape index (κ2) is 20.7. The normalized spacial score (nSPS) is 25.4. The first kappa shape index (κ1) is 36.8. The Balaban J connectivity index is 0.00000121. The average Bonchev–Trinajstić information content (AvgIpc) is 2.95. The van der Waals surface area contributed by atoms with E-state index in [9.17, 15) is 9.90 Å². The number of carbonyl (C=O) groups is 1. The molecule has 6 atom stereocenters. The molecule has 2 aliphatic heterocycles. The van der Waals surface area contributed by atoms with Gasteiger partial charge in [-0.2, -0.15) is 0 Å². The molecule has 9 heteroatoms. The number of fused-ring (bicyclic) bond motifs is 1. The summed E-state index contributed by atoms with van der Waals surface area (Å²) in [5.41, 5.74) is 1.17. The first-order chi connectivity index (χ1) is 17.5. The molecular formula is C29H39ClO7Sn. The summed E-state index contributed by atoms with van der Waals surface area (Å²) in [7, 11) is 1.38.